The molecule has 29 heavy (non-hydrogen) atoms. The summed E-state index contributed by atoms with van der Waals surface area (Å²) in [7, 11) is 0. The molecule has 144 valence electrons. The quantitative estimate of drug-likeness (QED) is 0.511. The van der Waals surface area contributed by atoms with Crippen LogP contribution in [0.25, 0.3) is 0 Å². The predicted molar refractivity (Wildman–Crippen MR) is 107 cm³/mol. The Morgan fingerprint density at radius 2 is 2.00 bits per heavy atom. The summed E-state index contributed by atoms with van der Waals surface area (Å²) < 4.78 is 1.36. The van der Waals surface area contributed by atoms with E-state index in [9.17, 15) is 25.0 Å². The summed E-state index contributed by atoms with van der Waals surface area (Å²) in [5.74, 6) is -0.560. The van der Waals surface area contributed by atoms with Crippen LogP contribution < -0.4 is 10.9 Å². The third kappa shape index (κ3) is 4.66. The number of nitro groups is 1. The van der Waals surface area contributed by atoms with Gasteiger partial charge in [-0.05, 0) is 29.8 Å². The van der Waals surface area contributed by atoms with Gasteiger partial charge in [-0.2, -0.15) is 5.26 Å². The third-order valence-corrected chi connectivity index (χ3v) is 4.31. The SMILES string of the molecule is N#Cc1cc([N+](=O)[O-])ccc1NC(=O)c1ccc(=O)n(Cc2cccc(Cl)c2)c1. The minimum Gasteiger partial charge on any atom is -0.321 e. The van der Waals surface area contributed by atoms with Crippen LogP contribution in [0.3, 0.4) is 0 Å². The number of rotatable bonds is 5. The molecule has 3 rings (SSSR count). The normalized spacial score (nSPS) is 10.2. The fraction of sp³-hybridized carbons (Fsp3) is 0.0500. The number of nitrogens with one attached hydrogen (secondary N) is 1. The largest absolute Gasteiger partial charge is 0.321 e. The number of carbonyl (C=O) groups excluding carboxylic acids is 1. The molecule has 0 aliphatic carbocycles. The maximum Gasteiger partial charge on any atom is 0.270 e. The molecule has 0 saturated heterocycles. The Hall–Kier alpha value is -3.96. The van der Waals surface area contributed by atoms with Crippen LogP contribution in [0.1, 0.15) is 21.5 Å². The molecule has 1 aromatic heterocycles. The number of amides is 1. The molecule has 0 aliphatic rings. The Balaban J connectivity index is 1.86. The van der Waals surface area contributed by atoms with Gasteiger partial charge in [-0.3, -0.25) is 19.7 Å². The van der Waals surface area contributed by atoms with E-state index in [-0.39, 0.29) is 34.6 Å². The second-order valence-corrected chi connectivity index (χ2v) is 6.50. The summed E-state index contributed by atoms with van der Waals surface area (Å²) in [6, 6.07) is 15.0. The van der Waals surface area contributed by atoms with E-state index in [0.717, 1.165) is 11.6 Å². The number of nitro benzene ring substituents is 1. The standard InChI is InChI=1S/C20H13ClN4O4/c21-16-3-1-2-13(8-16)11-24-12-14(4-7-19(24)26)20(27)23-18-6-5-17(25(28)29)9-15(18)10-22/h1-9,12H,11H2,(H,23,27). The maximum absolute atomic E-state index is 12.6. The summed E-state index contributed by atoms with van der Waals surface area (Å²) in [5, 5.41) is 23.1. The van der Waals surface area contributed by atoms with Crippen molar-refractivity contribution in [2.45, 2.75) is 6.54 Å². The van der Waals surface area contributed by atoms with Gasteiger partial charge in [0.15, 0.2) is 0 Å². The van der Waals surface area contributed by atoms with Crippen molar-refractivity contribution in [3.8, 4) is 6.07 Å². The highest BCUT2D eigenvalue weighted by atomic mass is 35.5. The summed E-state index contributed by atoms with van der Waals surface area (Å²) in [6.07, 6.45) is 1.40. The number of hydrogen-bond acceptors (Lipinski definition) is 5. The zero-order valence-corrected chi connectivity index (χ0v) is 15.6. The molecule has 3 aromatic rings. The Labute approximate surface area is 169 Å². The second-order valence-electron chi connectivity index (χ2n) is 6.07. The minimum atomic E-state index is -0.627. The number of pyridine rings is 1. The predicted octanol–water partition coefficient (Wildman–Crippen LogP) is 3.58. The molecule has 0 unspecified atom stereocenters. The van der Waals surface area contributed by atoms with Crippen LogP contribution in [0.5, 0.6) is 0 Å². The molecule has 0 atom stereocenters. The van der Waals surface area contributed by atoms with E-state index in [1.807, 2.05) is 6.07 Å². The van der Waals surface area contributed by atoms with E-state index in [1.165, 1.54) is 35.0 Å². The number of benzene rings is 2. The fourth-order valence-corrected chi connectivity index (χ4v) is 2.88. The molecule has 0 saturated carbocycles. The van der Waals surface area contributed by atoms with Crippen molar-refractivity contribution in [2.75, 3.05) is 5.32 Å². The van der Waals surface area contributed by atoms with Gasteiger partial charge in [0, 0.05) is 29.4 Å². The van der Waals surface area contributed by atoms with E-state index in [4.69, 9.17) is 11.6 Å². The highest BCUT2D eigenvalue weighted by Gasteiger charge is 2.14. The van der Waals surface area contributed by atoms with Gasteiger partial charge in [0.05, 0.1) is 28.3 Å². The number of hydrogen-bond donors (Lipinski definition) is 1. The number of aromatic nitrogens is 1. The summed E-state index contributed by atoms with van der Waals surface area (Å²) in [4.78, 5) is 34.9. The Bertz CT molecular complexity index is 1210. The lowest BCUT2D eigenvalue weighted by molar-refractivity contribution is -0.384. The van der Waals surface area contributed by atoms with Crippen LogP contribution in [0.4, 0.5) is 11.4 Å². The first kappa shape index (κ1) is 19.8. The maximum atomic E-state index is 12.6. The number of nitriles is 1. The zero-order valence-electron chi connectivity index (χ0n) is 14.8. The molecule has 0 aliphatic heterocycles. The van der Waals surface area contributed by atoms with Gasteiger partial charge in [0.2, 0.25) is 0 Å². The molecule has 2 aromatic carbocycles. The second kappa shape index (κ2) is 8.37. The Morgan fingerprint density at radius 3 is 2.69 bits per heavy atom. The van der Waals surface area contributed by atoms with Crippen LogP contribution in [0, 0.1) is 21.4 Å². The number of halogens is 1. The van der Waals surface area contributed by atoms with Crippen LogP contribution in [0.2, 0.25) is 5.02 Å². The van der Waals surface area contributed by atoms with Crippen molar-refractivity contribution in [3.05, 3.63) is 103 Å². The van der Waals surface area contributed by atoms with E-state index >= 15 is 0 Å². The molecule has 0 spiro atoms. The molecule has 8 nitrogen and oxygen atoms in total. The summed E-state index contributed by atoms with van der Waals surface area (Å²) in [5.41, 5.74) is 0.521. The van der Waals surface area contributed by atoms with Crippen LogP contribution in [-0.2, 0) is 6.54 Å². The van der Waals surface area contributed by atoms with Crippen molar-refractivity contribution in [3.63, 3.8) is 0 Å². The van der Waals surface area contributed by atoms with Gasteiger partial charge in [0.25, 0.3) is 17.2 Å². The van der Waals surface area contributed by atoms with Gasteiger partial charge < -0.3 is 9.88 Å². The van der Waals surface area contributed by atoms with Crippen molar-refractivity contribution in [2.24, 2.45) is 0 Å². The van der Waals surface area contributed by atoms with Crippen molar-refractivity contribution in [1.29, 1.82) is 5.26 Å². The van der Waals surface area contributed by atoms with Gasteiger partial charge in [-0.1, -0.05) is 23.7 Å². The lowest BCUT2D eigenvalue weighted by Gasteiger charge is -2.10. The number of non-ortho nitro benzene ring substituents is 1. The Morgan fingerprint density at radius 1 is 1.21 bits per heavy atom. The van der Waals surface area contributed by atoms with Crippen LogP contribution in [0.15, 0.2) is 65.6 Å². The van der Waals surface area contributed by atoms with Gasteiger partial charge >= 0.3 is 0 Å². The Kier molecular flexibility index (Phi) is 5.71. The highest BCUT2D eigenvalue weighted by molar-refractivity contribution is 6.30. The van der Waals surface area contributed by atoms with Gasteiger partial charge in [-0.15, -0.1) is 0 Å². The number of anilines is 1. The first-order chi connectivity index (χ1) is 13.9. The van der Waals surface area contributed by atoms with E-state index in [0.29, 0.717) is 5.02 Å². The average Bonchev–Trinajstić information content (AvgIpc) is 2.69. The fourth-order valence-electron chi connectivity index (χ4n) is 2.66. The van der Waals surface area contributed by atoms with Crippen molar-refractivity contribution < 1.29 is 9.72 Å². The molecule has 1 N–H and O–H groups in total. The van der Waals surface area contributed by atoms with E-state index in [1.54, 1.807) is 24.3 Å². The van der Waals surface area contributed by atoms with Gasteiger partial charge in [0.1, 0.15) is 6.07 Å². The van der Waals surface area contributed by atoms with Gasteiger partial charge in [-0.25, -0.2) is 0 Å². The van der Waals surface area contributed by atoms with Crippen LogP contribution >= 0.6 is 11.6 Å². The van der Waals surface area contributed by atoms with E-state index in [2.05, 4.69) is 5.32 Å². The number of nitrogens with zero attached hydrogens (tertiary/aromatic N) is 3. The third-order valence-electron chi connectivity index (χ3n) is 4.07. The highest BCUT2D eigenvalue weighted by Crippen LogP contribution is 2.22. The average molecular weight is 409 g/mol. The summed E-state index contributed by atoms with van der Waals surface area (Å²) in [6.45, 7) is 0.224. The van der Waals surface area contributed by atoms with Crippen molar-refractivity contribution in [1.82, 2.24) is 4.57 Å². The molecular formula is C20H13ClN4O4. The molecule has 0 radical (unpaired) electrons. The van der Waals surface area contributed by atoms with Crippen molar-refractivity contribution >= 4 is 28.9 Å². The lowest BCUT2D eigenvalue weighted by Crippen LogP contribution is -2.22. The minimum absolute atomic E-state index is 0.0419. The smallest absolute Gasteiger partial charge is 0.270 e. The zero-order chi connectivity index (χ0) is 21.0. The molecule has 1 amide bonds. The number of carbonyl (C=O) groups is 1. The lowest BCUT2D eigenvalue weighted by atomic mass is 10.1. The molecule has 0 bridgehead atoms. The van der Waals surface area contributed by atoms with E-state index < -0.39 is 10.8 Å². The first-order valence-electron chi connectivity index (χ1n) is 8.32. The molecule has 1 heterocycles. The monoisotopic (exact) mass is 408 g/mol. The topological polar surface area (TPSA) is 118 Å². The summed E-state index contributed by atoms with van der Waals surface area (Å²) >= 11 is 5.96. The molecule has 9 heteroatoms. The molecular weight excluding hydrogens is 396 g/mol. The first-order valence-corrected chi connectivity index (χ1v) is 8.70. The molecule has 0 fully saturated rings. The van der Waals surface area contributed by atoms with Crippen LogP contribution in [-0.4, -0.2) is 15.4 Å².